The fourth-order valence-electron chi connectivity index (χ4n) is 2.24. The van der Waals surface area contributed by atoms with Gasteiger partial charge >= 0.3 is 18.1 Å². The highest BCUT2D eigenvalue weighted by Gasteiger charge is 2.42. The molecule has 152 valence electrons. The van der Waals surface area contributed by atoms with Crippen LogP contribution in [0.15, 0.2) is 41.8 Å². The molecule has 0 unspecified atom stereocenters. The number of hydrogen-bond acceptors (Lipinski definition) is 6. The van der Waals surface area contributed by atoms with E-state index >= 15 is 0 Å². The third-order valence-electron chi connectivity index (χ3n) is 3.65. The molecule has 1 aromatic heterocycles. The molecule has 0 saturated carbocycles. The molecule has 28 heavy (non-hydrogen) atoms. The Kier molecular flexibility index (Phi) is 8.46. The van der Waals surface area contributed by atoms with Gasteiger partial charge < -0.3 is 14.8 Å². The van der Waals surface area contributed by atoms with Gasteiger partial charge in [-0.15, -0.1) is 11.3 Å². The fraction of sp³-hybridized carbons (Fsp3) is 0.368. The molecule has 0 atom stereocenters. The Balaban J connectivity index is 1.57. The summed E-state index contributed by atoms with van der Waals surface area (Å²) in [6.45, 7) is 1.25. The summed E-state index contributed by atoms with van der Waals surface area (Å²) in [6.07, 6.45) is -3.95. The van der Waals surface area contributed by atoms with Crippen molar-refractivity contribution in [1.29, 1.82) is 0 Å². The third kappa shape index (κ3) is 8.10. The minimum Gasteiger partial charge on any atom is -0.493 e. The first-order valence-electron chi connectivity index (χ1n) is 8.61. The van der Waals surface area contributed by atoms with Crippen molar-refractivity contribution in [3.05, 3.63) is 52.2 Å². The normalized spacial score (nSPS) is 11.2. The Morgan fingerprint density at radius 2 is 1.79 bits per heavy atom. The minimum absolute atomic E-state index is 0.119. The van der Waals surface area contributed by atoms with E-state index in [1.807, 2.05) is 35.7 Å². The van der Waals surface area contributed by atoms with Gasteiger partial charge in [0.1, 0.15) is 5.75 Å². The first-order chi connectivity index (χ1) is 13.3. The minimum atomic E-state index is -5.16. The highest BCUT2D eigenvalue weighted by atomic mass is 32.1. The molecule has 1 N–H and O–H groups in total. The number of thiophene rings is 1. The molecular formula is C19H20F3NO4S. The van der Waals surface area contributed by atoms with Gasteiger partial charge in [0.05, 0.1) is 13.0 Å². The van der Waals surface area contributed by atoms with Gasteiger partial charge in [-0.05, 0) is 42.1 Å². The van der Waals surface area contributed by atoms with Crippen LogP contribution in [0.2, 0.25) is 0 Å². The zero-order valence-electron chi connectivity index (χ0n) is 15.0. The summed E-state index contributed by atoms with van der Waals surface area (Å²) in [5.74, 6) is -2.92. The van der Waals surface area contributed by atoms with Crippen LogP contribution >= 0.6 is 11.3 Å². The van der Waals surface area contributed by atoms with Crippen LogP contribution in [0.3, 0.4) is 0 Å². The van der Waals surface area contributed by atoms with E-state index in [-0.39, 0.29) is 13.0 Å². The lowest BCUT2D eigenvalue weighted by atomic mass is 10.1. The SMILES string of the molecule is O=C(CCNCCc1ccc(OCCc2cccs2)cc1)OC(=O)C(F)(F)F. The molecule has 9 heteroatoms. The Morgan fingerprint density at radius 1 is 1.04 bits per heavy atom. The summed E-state index contributed by atoms with van der Waals surface area (Å²) in [4.78, 5) is 22.9. The topological polar surface area (TPSA) is 64.6 Å². The molecule has 0 aliphatic rings. The Hall–Kier alpha value is -2.39. The highest BCUT2D eigenvalue weighted by Crippen LogP contribution is 2.17. The van der Waals surface area contributed by atoms with Gasteiger partial charge in [0.2, 0.25) is 0 Å². The summed E-state index contributed by atoms with van der Waals surface area (Å²) in [5.41, 5.74) is 1.05. The number of benzene rings is 1. The number of carbonyl (C=O) groups is 2. The average molecular weight is 415 g/mol. The van der Waals surface area contributed by atoms with Gasteiger partial charge in [-0.3, -0.25) is 4.79 Å². The van der Waals surface area contributed by atoms with Gasteiger partial charge in [0, 0.05) is 17.8 Å². The first kappa shape index (κ1) is 21.9. The molecule has 2 aromatic rings. The van der Waals surface area contributed by atoms with E-state index < -0.39 is 18.1 Å². The van der Waals surface area contributed by atoms with Crippen molar-refractivity contribution in [1.82, 2.24) is 5.32 Å². The van der Waals surface area contributed by atoms with Gasteiger partial charge in [-0.25, -0.2) is 4.79 Å². The zero-order valence-corrected chi connectivity index (χ0v) is 15.8. The second-order valence-corrected chi connectivity index (χ2v) is 6.86. The van der Waals surface area contributed by atoms with E-state index in [1.54, 1.807) is 11.3 Å². The summed E-state index contributed by atoms with van der Waals surface area (Å²) in [5, 5.41) is 4.95. The van der Waals surface area contributed by atoms with Crippen molar-refractivity contribution >= 4 is 23.3 Å². The second-order valence-electron chi connectivity index (χ2n) is 5.83. The molecule has 0 bridgehead atoms. The Labute approximate surface area is 164 Å². The molecule has 0 saturated heterocycles. The molecule has 0 amide bonds. The van der Waals surface area contributed by atoms with Gasteiger partial charge in [0.25, 0.3) is 0 Å². The molecule has 0 spiro atoms. The monoisotopic (exact) mass is 415 g/mol. The average Bonchev–Trinajstić information content (AvgIpc) is 3.15. The lowest BCUT2D eigenvalue weighted by Gasteiger charge is -2.08. The molecule has 0 fully saturated rings. The maximum Gasteiger partial charge on any atom is 0.491 e. The summed E-state index contributed by atoms with van der Waals surface area (Å²) in [6, 6.07) is 11.7. The molecule has 2 rings (SSSR count). The van der Waals surface area contributed by atoms with Crippen LogP contribution in [0.4, 0.5) is 13.2 Å². The number of alkyl halides is 3. The lowest BCUT2D eigenvalue weighted by Crippen LogP contribution is -2.29. The largest absolute Gasteiger partial charge is 0.493 e. The van der Waals surface area contributed by atoms with E-state index in [0.29, 0.717) is 19.6 Å². The number of rotatable bonds is 10. The standard InChI is InChI=1S/C19H20F3NO4S/c20-19(21,22)18(25)27-17(24)8-11-23-10-7-14-3-5-15(6-4-14)26-12-9-16-2-1-13-28-16/h1-6,13,23H,7-12H2. The van der Waals surface area contributed by atoms with Crippen LogP contribution in [0.1, 0.15) is 16.9 Å². The molecule has 5 nitrogen and oxygen atoms in total. The smallest absolute Gasteiger partial charge is 0.491 e. The highest BCUT2D eigenvalue weighted by molar-refractivity contribution is 7.09. The second kappa shape index (κ2) is 10.8. The quantitative estimate of drug-likeness (QED) is 0.365. The predicted molar refractivity (Wildman–Crippen MR) is 98.3 cm³/mol. The van der Waals surface area contributed by atoms with Crippen LogP contribution in [0.25, 0.3) is 0 Å². The fourth-order valence-corrected chi connectivity index (χ4v) is 2.93. The third-order valence-corrected chi connectivity index (χ3v) is 4.59. The number of esters is 2. The van der Waals surface area contributed by atoms with E-state index in [0.717, 1.165) is 17.7 Å². The van der Waals surface area contributed by atoms with Crippen molar-refractivity contribution in [2.45, 2.75) is 25.4 Å². The van der Waals surface area contributed by atoms with Crippen LogP contribution in [-0.4, -0.2) is 37.8 Å². The van der Waals surface area contributed by atoms with Gasteiger partial charge in [-0.2, -0.15) is 13.2 Å². The van der Waals surface area contributed by atoms with E-state index in [1.165, 1.54) is 4.88 Å². The van der Waals surface area contributed by atoms with Crippen LogP contribution in [0, 0.1) is 0 Å². The maximum atomic E-state index is 12.0. The summed E-state index contributed by atoms with van der Waals surface area (Å²) >= 11 is 1.70. The molecule has 1 aromatic carbocycles. The number of hydrogen-bond donors (Lipinski definition) is 1. The van der Waals surface area contributed by atoms with Crippen molar-refractivity contribution < 1.29 is 32.2 Å². The van der Waals surface area contributed by atoms with Crippen molar-refractivity contribution in [2.24, 2.45) is 0 Å². The molecule has 1 heterocycles. The van der Waals surface area contributed by atoms with Crippen LogP contribution in [-0.2, 0) is 27.2 Å². The van der Waals surface area contributed by atoms with Crippen molar-refractivity contribution in [3.63, 3.8) is 0 Å². The number of halogens is 3. The Bertz CT molecular complexity index is 746. The Morgan fingerprint density at radius 3 is 2.43 bits per heavy atom. The number of carbonyl (C=O) groups excluding carboxylic acids is 2. The summed E-state index contributed by atoms with van der Waals surface area (Å²) in [7, 11) is 0. The van der Waals surface area contributed by atoms with Gasteiger partial charge in [-0.1, -0.05) is 18.2 Å². The lowest BCUT2D eigenvalue weighted by molar-refractivity contribution is -0.201. The number of nitrogens with one attached hydrogen (secondary N) is 1. The zero-order chi connectivity index (χ0) is 20.4. The van der Waals surface area contributed by atoms with Crippen molar-refractivity contribution in [2.75, 3.05) is 19.7 Å². The molecule has 0 aliphatic heterocycles. The van der Waals surface area contributed by atoms with E-state index in [2.05, 4.69) is 16.1 Å². The molecule has 0 radical (unpaired) electrons. The number of ether oxygens (including phenoxy) is 2. The van der Waals surface area contributed by atoms with Crippen molar-refractivity contribution in [3.8, 4) is 5.75 Å². The van der Waals surface area contributed by atoms with Gasteiger partial charge in [0.15, 0.2) is 0 Å². The molecular weight excluding hydrogens is 395 g/mol. The summed E-state index contributed by atoms with van der Waals surface area (Å²) < 4.78 is 45.2. The molecule has 0 aliphatic carbocycles. The first-order valence-corrected chi connectivity index (χ1v) is 9.49. The van der Waals surface area contributed by atoms with Crippen LogP contribution in [0.5, 0.6) is 5.75 Å². The van der Waals surface area contributed by atoms with E-state index in [9.17, 15) is 22.8 Å². The van der Waals surface area contributed by atoms with E-state index in [4.69, 9.17) is 4.74 Å². The predicted octanol–water partition coefficient (Wildman–Crippen LogP) is 3.52. The maximum absolute atomic E-state index is 12.0. The van der Waals surface area contributed by atoms with Crippen LogP contribution < -0.4 is 10.1 Å².